The third-order valence-corrected chi connectivity index (χ3v) is 5.66. The molecule has 0 radical (unpaired) electrons. The fraction of sp³-hybridized carbons (Fsp3) is 0.273. The van der Waals surface area contributed by atoms with Gasteiger partial charge in [0.05, 0.1) is 7.11 Å². The molecule has 7 heteroatoms. The Bertz CT molecular complexity index is 1020. The molecule has 1 aliphatic rings. The molecule has 0 amide bonds. The van der Waals surface area contributed by atoms with Crippen molar-refractivity contribution in [2.45, 2.75) is 30.5 Å². The van der Waals surface area contributed by atoms with E-state index in [1.54, 1.807) is 18.9 Å². The van der Waals surface area contributed by atoms with Gasteiger partial charge in [0.25, 0.3) is 0 Å². The molecule has 3 aromatic rings. The Hall–Kier alpha value is -2.93. The minimum atomic E-state index is -0.319. The second-order valence-electron chi connectivity index (χ2n) is 6.71. The minimum Gasteiger partial charge on any atom is -0.496 e. The molecular weight excluding hydrogens is 386 g/mol. The highest BCUT2D eigenvalue weighted by atomic mass is 32.2. The Balaban J connectivity index is 1.56. The molecule has 0 fully saturated rings. The van der Waals surface area contributed by atoms with E-state index >= 15 is 0 Å². The molecule has 1 aliphatic heterocycles. The standard InChI is InChI=1S/C22H23N3O3S/c1-4-11-25-21(20-13-27-18-7-5-6-8-19(18)28-20)23-24-22(25)29-14-16-12-15(2)9-10-17(16)26-3/h4-10,12,20H,1,11,13-14H2,2-3H3. The molecule has 0 bridgehead atoms. The van der Waals surface area contributed by atoms with Crippen LogP contribution in [0.3, 0.4) is 0 Å². The lowest BCUT2D eigenvalue weighted by atomic mass is 10.1. The Morgan fingerprint density at radius 2 is 2.07 bits per heavy atom. The highest BCUT2D eigenvalue weighted by molar-refractivity contribution is 7.98. The zero-order chi connectivity index (χ0) is 20.2. The van der Waals surface area contributed by atoms with Crippen LogP contribution in [0.25, 0.3) is 0 Å². The number of para-hydroxylation sites is 2. The van der Waals surface area contributed by atoms with E-state index in [1.807, 2.05) is 47.0 Å². The van der Waals surface area contributed by atoms with Crippen LogP contribution in [0.4, 0.5) is 0 Å². The smallest absolute Gasteiger partial charge is 0.192 e. The van der Waals surface area contributed by atoms with Gasteiger partial charge in [-0.1, -0.05) is 47.7 Å². The zero-order valence-corrected chi connectivity index (χ0v) is 17.3. The molecule has 0 saturated carbocycles. The maximum Gasteiger partial charge on any atom is 0.192 e. The number of hydrogen-bond acceptors (Lipinski definition) is 6. The van der Waals surface area contributed by atoms with Crippen LogP contribution in [0.2, 0.25) is 0 Å². The number of aryl methyl sites for hydroxylation is 1. The first kappa shape index (κ1) is 19.4. The second kappa shape index (κ2) is 8.61. The summed E-state index contributed by atoms with van der Waals surface area (Å²) in [5.41, 5.74) is 2.32. The number of nitrogens with zero attached hydrogens (tertiary/aromatic N) is 3. The summed E-state index contributed by atoms with van der Waals surface area (Å²) in [6, 6.07) is 13.8. The molecule has 29 heavy (non-hydrogen) atoms. The topological polar surface area (TPSA) is 58.4 Å². The molecule has 2 aromatic carbocycles. The summed E-state index contributed by atoms with van der Waals surface area (Å²) in [4.78, 5) is 0. The Labute approximate surface area is 174 Å². The van der Waals surface area contributed by atoms with Crippen LogP contribution >= 0.6 is 11.8 Å². The fourth-order valence-corrected chi connectivity index (χ4v) is 4.19. The predicted molar refractivity (Wildman–Crippen MR) is 113 cm³/mol. The van der Waals surface area contributed by atoms with Crippen LogP contribution in [0.5, 0.6) is 17.2 Å². The van der Waals surface area contributed by atoms with E-state index in [0.717, 1.165) is 39.5 Å². The van der Waals surface area contributed by atoms with Crippen LogP contribution in [-0.2, 0) is 12.3 Å². The number of aromatic nitrogens is 3. The van der Waals surface area contributed by atoms with Crippen LogP contribution in [0, 0.1) is 6.92 Å². The van der Waals surface area contributed by atoms with Gasteiger partial charge in [0.2, 0.25) is 0 Å². The average molecular weight is 410 g/mol. The van der Waals surface area contributed by atoms with Crippen LogP contribution in [0.15, 0.2) is 60.3 Å². The van der Waals surface area contributed by atoms with Crippen molar-refractivity contribution in [2.24, 2.45) is 0 Å². The fourth-order valence-electron chi connectivity index (χ4n) is 3.25. The number of fused-ring (bicyclic) bond motifs is 1. The van der Waals surface area contributed by atoms with Gasteiger partial charge in [-0.2, -0.15) is 0 Å². The van der Waals surface area contributed by atoms with Crippen molar-refractivity contribution in [3.05, 3.63) is 72.1 Å². The third-order valence-electron chi connectivity index (χ3n) is 4.65. The lowest BCUT2D eigenvalue weighted by molar-refractivity contribution is 0.0821. The van der Waals surface area contributed by atoms with E-state index in [9.17, 15) is 0 Å². The van der Waals surface area contributed by atoms with E-state index < -0.39 is 0 Å². The molecule has 150 valence electrons. The summed E-state index contributed by atoms with van der Waals surface area (Å²) in [6.07, 6.45) is 1.52. The van der Waals surface area contributed by atoms with Crippen molar-refractivity contribution in [1.29, 1.82) is 0 Å². The van der Waals surface area contributed by atoms with E-state index in [1.165, 1.54) is 5.56 Å². The van der Waals surface area contributed by atoms with Gasteiger partial charge in [-0.3, -0.25) is 4.57 Å². The summed E-state index contributed by atoms with van der Waals surface area (Å²) in [6.45, 7) is 6.94. The van der Waals surface area contributed by atoms with Crippen molar-refractivity contribution in [2.75, 3.05) is 13.7 Å². The van der Waals surface area contributed by atoms with Gasteiger partial charge >= 0.3 is 0 Å². The van der Waals surface area contributed by atoms with Gasteiger partial charge < -0.3 is 14.2 Å². The summed E-state index contributed by atoms with van der Waals surface area (Å²) in [5.74, 6) is 3.80. The molecule has 1 unspecified atom stereocenters. The lowest BCUT2D eigenvalue weighted by Gasteiger charge is -2.26. The molecule has 2 heterocycles. The van der Waals surface area contributed by atoms with Gasteiger partial charge in [0.1, 0.15) is 12.4 Å². The Morgan fingerprint density at radius 3 is 2.86 bits per heavy atom. The van der Waals surface area contributed by atoms with Crippen molar-refractivity contribution < 1.29 is 14.2 Å². The Morgan fingerprint density at radius 1 is 1.24 bits per heavy atom. The first-order valence-electron chi connectivity index (χ1n) is 9.38. The van der Waals surface area contributed by atoms with Crippen LogP contribution < -0.4 is 14.2 Å². The van der Waals surface area contributed by atoms with E-state index in [0.29, 0.717) is 13.2 Å². The zero-order valence-electron chi connectivity index (χ0n) is 16.5. The normalized spacial score (nSPS) is 15.2. The van der Waals surface area contributed by atoms with Gasteiger partial charge in [-0.05, 0) is 25.1 Å². The lowest BCUT2D eigenvalue weighted by Crippen LogP contribution is -2.25. The maximum absolute atomic E-state index is 6.12. The highest BCUT2D eigenvalue weighted by Gasteiger charge is 2.28. The number of methoxy groups -OCH3 is 1. The molecule has 1 atom stereocenters. The number of hydrogen-bond donors (Lipinski definition) is 0. The number of thioether (sulfide) groups is 1. The quantitative estimate of drug-likeness (QED) is 0.420. The number of benzene rings is 2. The van der Waals surface area contributed by atoms with Gasteiger partial charge in [-0.15, -0.1) is 16.8 Å². The molecule has 0 aliphatic carbocycles. The Kier molecular flexibility index (Phi) is 5.76. The monoisotopic (exact) mass is 409 g/mol. The molecule has 0 spiro atoms. The molecular formula is C22H23N3O3S. The number of allylic oxidation sites excluding steroid dienone is 1. The second-order valence-corrected chi connectivity index (χ2v) is 7.65. The number of ether oxygens (including phenoxy) is 3. The SMILES string of the molecule is C=CCn1c(SCc2cc(C)ccc2OC)nnc1C1COc2ccccc2O1. The predicted octanol–water partition coefficient (Wildman–Crippen LogP) is 4.59. The van der Waals surface area contributed by atoms with E-state index in [4.69, 9.17) is 14.2 Å². The van der Waals surface area contributed by atoms with Crippen LogP contribution in [0.1, 0.15) is 23.1 Å². The summed E-state index contributed by atoms with van der Waals surface area (Å²) in [7, 11) is 1.69. The van der Waals surface area contributed by atoms with Crippen molar-refractivity contribution in [3.63, 3.8) is 0 Å². The maximum atomic E-state index is 6.12. The summed E-state index contributed by atoms with van der Waals surface area (Å²) < 4.78 is 19.5. The first-order chi connectivity index (χ1) is 14.2. The number of rotatable bonds is 7. The van der Waals surface area contributed by atoms with Crippen molar-refractivity contribution >= 4 is 11.8 Å². The van der Waals surface area contributed by atoms with Gasteiger partial charge in [0, 0.05) is 17.9 Å². The van der Waals surface area contributed by atoms with Crippen molar-refractivity contribution in [3.8, 4) is 17.2 Å². The van der Waals surface area contributed by atoms with Crippen LogP contribution in [-0.4, -0.2) is 28.5 Å². The van der Waals surface area contributed by atoms with E-state index in [2.05, 4.69) is 29.8 Å². The molecule has 6 nitrogen and oxygen atoms in total. The average Bonchev–Trinajstić information content (AvgIpc) is 3.15. The molecule has 0 N–H and O–H groups in total. The van der Waals surface area contributed by atoms with E-state index in [-0.39, 0.29) is 6.10 Å². The largest absolute Gasteiger partial charge is 0.496 e. The van der Waals surface area contributed by atoms with Gasteiger partial charge in [0.15, 0.2) is 28.6 Å². The first-order valence-corrected chi connectivity index (χ1v) is 10.4. The highest BCUT2D eigenvalue weighted by Crippen LogP contribution is 2.36. The summed E-state index contributed by atoms with van der Waals surface area (Å²) >= 11 is 1.61. The molecule has 4 rings (SSSR count). The molecule has 1 aromatic heterocycles. The van der Waals surface area contributed by atoms with Gasteiger partial charge in [-0.25, -0.2) is 0 Å². The van der Waals surface area contributed by atoms with Crippen molar-refractivity contribution in [1.82, 2.24) is 14.8 Å². The molecule has 0 saturated heterocycles. The summed E-state index contributed by atoms with van der Waals surface area (Å²) in [5, 5.41) is 9.63. The third kappa shape index (κ3) is 4.10. The minimum absolute atomic E-state index is 0.319.